The van der Waals surface area contributed by atoms with Gasteiger partial charge in [0.15, 0.2) is 17.6 Å². The summed E-state index contributed by atoms with van der Waals surface area (Å²) in [6, 6.07) is 19.1. The van der Waals surface area contributed by atoms with Crippen LogP contribution in [0.3, 0.4) is 0 Å². The molecule has 0 aromatic heterocycles. The highest BCUT2D eigenvalue weighted by molar-refractivity contribution is 5.89. The lowest BCUT2D eigenvalue weighted by atomic mass is 10.1. The van der Waals surface area contributed by atoms with Crippen LogP contribution in [0.25, 0.3) is 10.8 Å². The first kappa shape index (κ1) is 16.9. The van der Waals surface area contributed by atoms with E-state index < -0.39 is 6.10 Å². The van der Waals surface area contributed by atoms with Gasteiger partial charge < -0.3 is 14.2 Å². The van der Waals surface area contributed by atoms with E-state index in [1.165, 1.54) is 0 Å². The first-order valence-electron chi connectivity index (χ1n) is 8.58. The molecule has 1 amide bonds. The molecular formula is C21H18N2O4. The second-order valence-corrected chi connectivity index (χ2v) is 6.08. The third-order valence-corrected chi connectivity index (χ3v) is 4.21. The van der Waals surface area contributed by atoms with Crippen LogP contribution in [-0.2, 0) is 4.79 Å². The molecule has 3 aromatic carbocycles. The normalized spacial score (nSPS) is 13.7. The van der Waals surface area contributed by atoms with E-state index in [1.54, 1.807) is 25.3 Å². The van der Waals surface area contributed by atoms with Gasteiger partial charge in [0.25, 0.3) is 5.91 Å². The van der Waals surface area contributed by atoms with Crippen molar-refractivity contribution < 1.29 is 19.0 Å². The van der Waals surface area contributed by atoms with Gasteiger partial charge in [0, 0.05) is 5.39 Å². The average Bonchev–Trinajstić information content (AvgIpc) is 3.16. The van der Waals surface area contributed by atoms with E-state index in [2.05, 4.69) is 10.5 Å². The molecular weight excluding hydrogens is 344 g/mol. The summed E-state index contributed by atoms with van der Waals surface area (Å²) in [6.07, 6.45) is 0.856. The summed E-state index contributed by atoms with van der Waals surface area (Å²) in [5.41, 5.74) is 3.29. The molecule has 1 atom stereocenters. The van der Waals surface area contributed by atoms with Gasteiger partial charge in [0.05, 0.1) is 6.21 Å². The standard InChI is InChI=1S/C21H18N2O4/c1-14(27-18-8-4-6-16-5-2-3-7-17(16)18)21(24)23-22-12-15-9-10-19-20(11-15)26-13-25-19/h2-12,14H,13H2,1H3,(H,23,24)/b22-12-/t14-/m0/s1. The Bertz CT molecular complexity index is 1010. The van der Waals surface area contributed by atoms with Crippen LogP contribution in [0.5, 0.6) is 17.2 Å². The Balaban J connectivity index is 1.39. The summed E-state index contributed by atoms with van der Waals surface area (Å²) in [4.78, 5) is 12.3. The van der Waals surface area contributed by atoms with Gasteiger partial charge in [0.1, 0.15) is 5.75 Å². The first-order valence-corrected chi connectivity index (χ1v) is 8.58. The van der Waals surface area contributed by atoms with Crippen molar-refractivity contribution in [2.45, 2.75) is 13.0 Å². The minimum absolute atomic E-state index is 0.218. The third-order valence-electron chi connectivity index (χ3n) is 4.21. The number of fused-ring (bicyclic) bond motifs is 2. The quantitative estimate of drug-likeness (QED) is 0.557. The fourth-order valence-electron chi connectivity index (χ4n) is 2.80. The molecule has 0 saturated carbocycles. The summed E-state index contributed by atoms with van der Waals surface area (Å²) >= 11 is 0. The van der Waals surface area contributed by atoms with Gasteiger partial charge in [-0.1, -0.05) is 36.4 Å². The maximum atomic E-state index is 12.3. The zero-order valence-corrected chi connectivity index (χ0v) is 14.7. The van der Waals surface area contributed by atoms with Gasteiger partial charge in [-0.3, -0.25) is 4.79 Å². The summed E-state index contributed by atoms with van der Waals surface area (Å²) in [6.45, 7) is 1.91. The molecule has 1 N–H and O–H groups in total. The second-order valence-electron chi connectivity index (χ2n) is 6.08. The highest BCUT2D eigenvalue weighted by Gasteiger charge is 2.15. The summed E-state index contributed by atoms with van der Waals surface area (Å²) in [5.74, 6) is 1.70. The molecule has 0 unspecified atom stereocenters. The van der Waals surface area contributed by atoms with E-state index in [9.17, 15) is 4.79 Å². The molecule has 4 rings (SSSR count). The Morgan fingerprint density at radius 1 is 1.11 bits per heavy atom. The molecule has 0 saturated heterocycles. The molecule has 0 spiro atoms. The number of hydrogen-bond acceptors (Lipinski definition) is 5. The van der Waals surface area contributed by atoms with Crippen molar-refractivity contribution in [2.75, 3.05) is 6.79 Å². The third kappa shape index (κ3) is 3.69. The van der Waals surface area contributed by atoms with E-state index in [0.29, 0.717) is 17.2 Å². The maximum absolute atomic E-state index is 12.3. The van der Waals surface area contributed by atoms with Gasteiger partial charge in [-0.25, -0.2) is 5.43 Å². The number of carbonyl (C=O) groups excluding carboxylic acids is 1. The molecule has 1 aliphatic heterocycles. The van der Waals surface area contributed by atoms with Crippen molar-refractivity contribution in [1.82, 2.24) is 5.43 Å². The fraction of sp³-hybridized carbons (Fsp3) is 0.143. The van der Waals surface area contributed by atoms with Crippen LogP contribution < -0.4 is 19.6 Å². The van der Waals surface area contributed by atoms with Crippen molar-refractivity contribution in [1.29, 1.82) is 0 Å². The van der Waals surface area contributed by atoms with Crippen molar-refractivity contribution in [2.24, 2.45) is 5.10 Å². The monoisotopic (exact) mass is 362 g/mol. The summed E-state index contributed by atoms with van der Waals surface area (Å²) in [7, 11) is 0. The lowest BCUT2D eigenvalue weighted by Gasteiger charge is -2.14. The van der Waals surface area contributed by atoms with E-state index in [1.807, 2.05) is 48.5 Å². The number of carbonyl (C=O) groups is 1. The molecule has 1 heterocycles. The van der Waals surface area contributed by atoms with Gasteiger partial charge in [-0.05, 0) is 42.1 Å². The lowest BCUT2D eigenvalue weighted by molar-refractivity contribution is -0.127. The van der Waals surface area contributed by atoms with Crippen LogP contribution >= 0.6 is 0 Å². The molecule has 0 aliphatic carbocycles. The van der Waals surface area contributed by atoms with E-state index in [-0.39, 0.29) is 12.7 Å². The smallest absolute Gasteiger partial charge is 0.280 e. The second kappa shape index (κ2) is 7.37. The summed E-state index contributed by atoms with van der Waals surface area (Å²) < 4.78 is 16.4. The summed E-state index contributed by atoms with van der Waals surface area (Å²) in [5, 5.41) is 6.01. The van der Waals surface area contributed by atoms with Crippen LogP contribution in [-0.4, -0.2) is 25.0 Å². The zero-order chi connectivity index (χ0) is 18.6. The van der Waals surface area contributed by atoms with Crippen molar-refractivity contribution >= 4 is 22.9 Å². The number of hydrogen-bond donors (Lipinski definition) is 1. The van der Waals surface area contributed by atoms with Crippen molar-refractivity contribution in [3.8, 4) is 17.2 Å². The highest BCUT2D eigenvalue weighted by Crippen LogP contribution is 2.32. The lowest BCUT2D eigenvalue weighted by Crippen LogP contribution is -2.33. The minimum Gasteiger partial charge on any atom is -0.480 e. The number of amides is 1. The predicted molar refractivity (Wildman–Crippen MR) is 102 cm³/mol. The molecule has 1 aliphatic rings. The maximum Gasteiger partial charge on any atom is 0.280 e. The Kier molecular flexibility index (Phi) is 4.61. The van der Waals surface area contributed by atoms with Crippen LogP contribution in [0, 0.1) is 0 Å². The van der Waals surface area contributed by atoms with Crippen molar-refractivity contribution in [3.63, 3.8) is 0 Å². The Morgan fingerprint density at radius 2 is 1.93 bits per heavy atom. The van der Waals surface area contributed by atoms with Gasteiger partial charge in [-0.2, -0.15) is 5.10 Å². The molecule has 136 valence electrons. The SMILES string of the molecule is C[C@H](Oc1cccc2ccccc12)C(=O)N/N=C\c1ccc2c(c1)OCO2. The van der Waals surface area contributed by atoms with Crippen LogP contribution in [0.15, 0.2) is 65.8 Å². The zero-order valence-electron chi connectivity index (χ0n) is 14.7. The molecule has 0 bridgehead atoms. The number of rotatable bonds is 5. The molecule has 6 heteroatoms. The average molecular weight is 362 g/mol. The molecule has 0 fully saturated rings. The Hall–Kier alpha value is -3.54. The number of benzene rings is 3. The molecule has 6 nitrogen and oxygen atoms in total. The Labute approximate surface area is 156 Å². The predicted octanol–water partition coefficient (Wildman–Crippen LogP) is 3.49. The van der Waals surface area contributed by atoms with Crippen LogP contribution in [0.2, 0.25) is 0 Å². The molecule has 27 heavy (non-hydrogen) atoms. The van der Waals surface area contributed by atoms with Gasteiger partial charge >= 0.3 is 0 Å². The fourth-order valence-corrected chi connectivity index (χ4v) is 2.80. The molecule has 3 aromatic rings. The Morgan fingerprint density at radius 3 is 2.85 bits per heavy atom. The van der Waals surface area contributed by atoms with Gasteiger partial charge in [0.2, 0.25) is 6.79 Å². The van der Waals surface area contributed by atoms with E-state index in [4.69, 9.17) is 14.2 Å². The van der Waals surface area contributed by atoms with Crippen LogP contribution in [0.1, 0.15) is 12.5 Å². The largest absolute Gasteiger partial charge is 0.480 e. The first-order chi connectivity index (χ1) is 13.2. The minimum atomic E-state index is -0.690. The van der Waals surface area contributed by atoms with Crippen LogP contribution in [0.4, 0.5) is 0 Å². The number of ether oxygens (including phenoxy) is 3. The van der Waals surface area contributed by atoms with E-state index in [0.717, 1.165) is 16.3 Å². The number of hydrazone groups is 1. The number of nitrogens with zero attached hydrogens (tertiary/aromatic N) is 1. The van der Waals surface area contributed by atoms with E-state index >= 15 is 0 Å². The van der Waals surface area contributed by atoms with Crippen molar-refractivity contribution in [3.05, 3.63) is 66.2 Å². The number of nitrogens with one attached hydrogen (secondary N) is 1. The highest BCUT2D eigenvalue weighted by atomic mass is 16.7. The topological polar surface area (TPSA) is 69.2 Å². The van der Waals surface area contributed by atoms with Gasteiger partial charge in [-0.15, -0.1) is 0 Å². The molecule has 0 radical (unpaired) electrons.